The topological polar surface area (TPSA) is 51.2 Å². The van der Waals surface area contributed by atoms with E-state index in [2.05, 4.69) is 10.3 Å². The number of carbonyl (C=O) groups excluding carboxylic acids is 1. The lowest BCUT2D eigenvalue weighted by atomic mass is 9.87. The molecule has 3 aromatic carbocycles. The molecular weight excluding hydrogens is 382 g/mol. The summed E-state index contributed by atoms with van der Waals surface area (Å²) in [5.74, 6) is -1.14. The van der Waals surface area contributed by atoms with Crippen molar-refractivity contribution >= 4 is 32.6 Å². The van der Waals surface area contributed by atoms with Crippen LogP contribution in [0.3, 0.4) is 0 Å². The molecule has 0 radical (unpaired) electrons. The smallest absolute Gasteiger partial charge is 0.238 e. The van der Waals surface area contributed by atoms with Crippen LogP contribution in [0, 0.1) is 11.6 Å². The van der Waals surface area contributed by atoms with E-state index in [1.54, 1.807) is 12.1 Å². The van der Waals surface area contributed by atoms with E-state index in [4.69, 9.17) is 4.74 Å². The lowest BCUT2D eigenvalue weighted by Crippen LogP contribution is -2.25. The molecule has 0 fully saturated rings. The van der Waals surface area contributed by atoms with E-state index < -0.39 is 17.6 Å². The Morgan fingerprint density at radius 1 is 1.00 bits per heavy atom. The van der Waals surface area contributed by atoms with Crippen LogP contribution in [-0.4, -0.2) is 10.9 Å². The molecule has 0 unspecified atom stereocenters. The van der Waals surface area contributed by atoms with Gasteiger partial charge in [0.15, 0.2) is 10.9 Å². The highest BCUT2D eigenvalue weighted by Crippen LogP contribution is 2.44. The molecule has 2 heterocycles. The van der Waals surface area contributed by atoms with Gasteiger partial charge in [0.1, 0.15) is 22.8 Å². The molecule has 138 valence electrons. The molecule has 0 saturated carbocycles. The summed E-state index contributed by atoms with van der Waals surface area (Å²) in [5.41, 5.74) is 1.50. The van der Waals surface area contributed by atoms with Crippen molar-refractivity contribution in [2.45, 2.75) is 5.92 Å². The number of hydrogen-bond donors (Lipinski definition) is 1. The Morgan fingerprint density at radius 2 is 1.64 bits per heavy atom. The first-order valence-corrected chi connectivity index (χ1v) is 9.34. The number of thiazole rings is 1. The molecule has 5 rings (SSSR count). The Labute approximate surface area is 162 Å². The monoisotopic (exact) mass is 394 g/mol. The largest absolute Gasteiger partial charge is 0.457 e. The predicted octanol–water partition coefficient (Wildman–Crippen LogP) is 5.45. The molecule has 4 aromatic rings. The number of benzene rings is 3. The van der Waals surface area contributed by atoms with Gasteiger partial charge in [-0.25, -0.2) is 13.8 Å². The third-order valence-electron chi connectivity index (χ3n) is 4.59. The highest BCUT2D eigenvalue weighted by atomic mass is 32.1. The first-order valence-electron chi connectivity index (χ1n) is 8.52. The average Bonchev–Trinajstić information content (AvgIpc) is 3.08. The summed E-state index contributed by atoms with van der Waals surface area (Å²) in [6.45, 7) is 0. The minimum absolute atomic E-state index is 0.0366. The standard InChI is InChI=1S/C21H12F2N2O2S/c22-11-9-14(23)19-17(10-11)28-21(24-19)25-20(26)18-12-5-1-3-7-15(12)27-16-8-4-2-6-13(16)18/h1-10,18H,(H,24,25,26). The summed E-state index contributed by atoms with van der Waals surface area (Å²) in [5, 5.41) is 2.97. The Kier molecular flexibility index (Phi) is 3.84. The number of ether oxygens (including phenoxy) is 1. The van der Waals surface area contributed by atoms with Gasteiger partial charge in [0.05, 0.1) is 10.6 Å². The number of fused-ring (bicyclic) bond motifs is 3. The molecule has 1 N–H and O–H groups in total. The second-order valence-electron chi connectivity index (χ2n) is 6.35. The molecule has 1 aliphatic rings. The summed E-state index contributed by atoms with van der Waals surface area (Å²) in [6, 6.07) is 16.6. The number of aromatic nitrogens is 1. The van der Waals surface area contributed by atoms with Crippen LogP contribution in [0.25, 0.3) is 10.2 Å². The summed E-state index contributed by atoms with van der Waals surface area (Å²) in [4.78, 5) is 17.3. The number of carbonyl (C=O) groups is 1. The van der Waals surface area contributed by atoms with E-state index in [1.807, 2.05) is 36.4 Å². The van der Waals surface area contributed by atoms with Crippen LogP contribution < -0.4 is 10.1 Å². The highest BCUT2D eigenvalue weighted by Gasteiger charge is 2.32. The van der Waals surface area contributed by atoms with Gasteiger partial charge in [0, 0.05) is 17.2 Å². The number of rotatable bonds is 2. The van der Waals surface area contributed by atoms with Gasteiger partial charge in [-0.05, 0) is 18.2 Å². The van der Waals surface area contributed by atoms with Gasteiger partial charge in [-0.2, -0.15) is 0 Å². The SMILES string of the molecule is O=C(Nc1nc2c(F)cc(F)cc2s1)C1c2ccccc2Oc2ccccc21. The second kappa shape index (κ2) is 6.38. The van der Waals surface area contributed by atoms with Crippen LogP contribution in [0.4, 0.5) is 13.9 Å². The van der Waals surface area contributed by atoms with E-state index in [-0.39, 0.29) is 16.6 Å². The number of nitrogens with zero attached hydrogens (tertiary/aromatic N) is 1. The average molecular weight is 394 g/mol. The lowest BCUT2D eigenvalue weighted by Gasteiger charge is -2.27. The fraction of sp³-hybridized carbons (Fsp3) is 0.0476. The summed E-state index contributed by atoms with van der Waals surface area (Å²) >= 11 is 1.03. The number of nitrogens with one attached hydrogen (secondary N) is 1. The Morgan fingerprint density at radius 3 is 2.32 bits per heavy atom. The molecular formula is C21H12F2N2O2S. The molecule has 28 heavy (non-hydrogen) atoms. The molecule has 0 saturated heterocycles. The van der Waals surface area contributed by atoms with Crippen molar-refractivity contribution in [2.24, 2.45) is 0 Å². The summed E-state index contributed by atoms with van der Waals surface area (Å²) in [7, 11) is 0. The maximum Gasteiger partial charge on any atom is 0.238 e. The molecule has 4 nitrogen and oxygen atoms in total. The molecule has 0 bridgehead atoms. The fourth-order valence-corrected chi connectivity index (χ4v) is 4.29. The number of para-hydroxylation sites is 2. The van der Waals surface area contributed by atoms with Crippen molar-refractivity contribution in [2.75, 3.05) is 5.32 Å². The molecule has 7 heteroatoms. The van der Waals surface area contributed by atoms with Crippen molar-refractivity contribution < 1.29 is 18.3 Å². The van der Waals surface area contributed by atoms with E-state index in [1.165, 1.54) is 6.07 Å². The van der Waals surface area contributed by atoms with Crippen molar-refractivity contribution in [3.8, 4) is 11.5 Å². The quantitative estimate of drug-likeness (QED) is 0.492. The van der Waals surface area contributed by atoms with Crippen LogP contribution in [0.2, 0.25) is 0 Å². The third kappa shape index (κ3) is 2.71. The van der Waals surface area contributed by atoms with Crippen molar-refractivity contribution in [1.82, 2.24) is 4.98 Å². The second-order valence-corrected chi connectivity index (χ2v) is 7.38. The number of anilines is 1. The predicted molar refractivity (Wildman–Crippen MR) is 103 cm³/mol. The van der Waals surface area contributed by atoms with Gasteiger partial charge in [0.25, 0.3) is 0 Å². The molecule has 0 spiro atoms. The zero-order chi connectivity index (χ0) is 19.3. The van der Waals surface area contributed by atoms with Crippen LogP contribution >= 0.6 is 11.3 Å². The van der Waals surface area contributed by atoms with Gasteiger partial charge in [-0.1, -0.05) is 47.7 Å². The van der Waals surface area contributed by atoms with Crippen LogP contribution in [0.1, 0.15) is 17.0 Å². The lowest BCUT2D eigenvalue weighted by molar-refractivity contribution is -0.116. The number of hydrogen-bond acceptors (Lipinski definition) is 4. The Hall–Kier alpha value is -3.32. The molecule has 1 aromatic heterocycles. The minimum atomic E-state index is -0.756. The Bertz CT molecular complexity index is 1190. The van der Waals surface area contributed by atoms with Crippen molar-refractivity contribution in [3.05, 3.63) is 83.4 Å². The van der Waals surface area contributed by atoms with Gasteiger partial charge < -0.3 is 10.1 Å². The summed E-state index contributed by atoms with van der Waals surface area (Å²) in [6.07, 6.45) is 0. The first-order chi connectivity index (χ1) is 13.6. The first kappa shape index (κ1) is 16.8. The third-order valence-corrected chi connectivity index (χ3v) is 5.50. The molecule has 1 amide bonds. The zero-order valence-electron chi connectivity index (χ0n) is 14.3. The highest BCUT2D eigenvalue weighted by molar-refractivity contribution is 7.22. The van der Waals surface area contributed by atoms with Crippen molar-refractivity contribution in [3.63, 3.8) is 0 Å². The maximum atomic E-state index is 13.9. The van der Waals surface area contributed by atoms with Gasteiger partial charge in [0.2, 0.25) is 5.91 Å². The van der Waals surface area contributed by atoms with Gasteiger partial charge in [-0.3, -0.25) is 4.79 Å². The fourth-order valence-electron chi connectivity index (χ4n) is 3.38. The molecule has 0 atom stereocenters. The Balaban J connectivity index is 1.55. The van der Waals surface area contributed by atoms with Gasteiger partial charge >= 0.3 is 0 Å². The molecule has 1 aliphatic heterocycles. The maximum absolute atomic E-state index is 13.9. The van der Waals surface area contributed by atoms with E-state index in [0.717, 1.165) is 28.5 Å². The normalized spacial score (nSPS) is 12.9. The van der Waals surface area contributed by atoms with Crippen LogP contribution in [-0.2, 0) is 4.79 Å². The number of halogens is 2. The minimum Gasteiger partial charge on any atom is -0.457 e. The molecule has 0 aliphatic carbocycles. The van der Waals surface area contributed by atoms with Crippen LogP contribution in [0.5, 0.6) is 11.5 Å². The summed E-state index contributed by atoms with van der Waals surface area (Å²) < 4.78 is 33.6. The zero-order valence-corrected chi connectivity index (χ0v) is 15.1. The van der Waals surface area contributed by atoms with E-state index in [9.17, 15) is 13.6 Å². The van der Waals surface area contributed by atoms with E-state index >= 15 is 0 Å². The number of amides is 1. The van der Waals surface area contributed by atoms with E-state index in [0.29, 0.717) is 16.2 Å². The van der Waals surface area contributed by atoms with Crippen molar-refractivity contribution in [1.29, 1.82) is 0 Å². The van der Waals surface area contributed by atoms with Crippen LogP contribution in [0.15, 0.2) is 60.7 Å². The van der Waals surface area contributed by atoms with Gasteiger partial charge in [-0.15, -0.1) is 0 Å².